The highest BCUT2D eigenvalue weighted by molar-refractivity contribution is 7.89. The molecule has 1 fully saturated rings. The Bertz CT molecular complexity index is 601. The number of piperidine rings is 1. The molecular weight excluding hydrogens is 293 g/mol. The zero-order valence-electron chi connectivity index (χ0n) is 12.7. The van der Waals surface area contributed by atoms with Gasteiger partial charge in [0.1, 0.15) is 0 Å². The molecule has 1 aromatic carbocycles. The van der Waals surface area contributed by atoms with Gasteiger partial charge in [0.2, 0.25) is 10.0 Å². The number of halogens is 1. The number of hydrogen-bond acceptors (Lipinski definition) is 3. The van der Waals surface area contributed by atoms with Gasteiger partial charge in [0.15, 0.2) is 11.6 Å². The zero-order valence-corrected chi connectivity index (χ0v) is 13.5. The predicted molar refractivity (Wildman–Crippen MR) is 79.3 cm³/mol. The van der Waals surface area contributed by atoms with Gasteiger partial charge in [-0.15, -0.1) is 0 Å². The van der Waals surface area contributed by atoms with Gasteiger partial charge in [0.05, 0.1) is 11.0 Å². The first kappa shape index (κ1) is 16.2. The van der Waals surface area contributed by atoms with Crippen molar-refractivity contribution in [3.63, 3.8) is 0 Å². The molecular formula is C15H22FNO3S. The number of sulfonamides is 1. The van der Waals surface area contributed by atoms with Crippen LogP contribution in [0.3, 0.4) is 0 Å². The molecule has 0 spiro atoms. The molecule has 0 radical (unpaired) electrons. The molecule has 1 aromatic rings. The van der Waals surface area contributed by atoms with E-state index in [-0.39, 0.29) is 16.7 Å². The topological polar surface area (TPSA) is 46.6 Å². The van der Waals surface area contributed by atoms with Gasteiger partial charge in [-0.1, -0.05) is 6.92 Å². The van der Waals surface area contributed by atoms with Crippen LogP contribution in [-0.2, 0) is 10.0 Å². The van der Waals surface area contributed by atoms with Crippen molar-refractivity contribution in [2.75, 3.05) is 13.1 Å². The summed E-state index contributed by atoms with van der Waals surface area (Å²) in [5.41, 5.74) is 0. The lowest BCUT2D eigenvalue weighted by Crippen LogP contribution is -2.39. The molecule has 1 unspecified atom stereocenters. The van der Waals surface area contributed by atoms with Crippen LogP contribution in [0, 0.1) is 11.7 Å². The van der Waals surface area contributed by atoms with Crippen LogP contribution in [0.4, 0.5) is 4.39 Å². The summed E-state index contributed by atoms with van der Waals surface area (Å²) in [6, 6.07) is 3.84. The molecule has 6 heteroatoms. The van der Waals surface area contributed by atoms with E-state index in [1.54, 1.807) is 13.8 Å². The lowest BCUT2D eigenvalue weighted by molar-refractivity contribution is 0.231. The summed E-state index contributed by atoms with van der Waals surface area (Å²) >= 11 is 0. The number of nitrogens with zero attached hydrogens (tertiary/aromatic N) is 1. The van der Waals surface area contributed by atoms with Crippen LogP contribution in [0.5, 0.6) is 5.75 Å². The molecule has 21 heavy (non-hydrogen) atoms. The van der Waals surface area contributed by atoms with E-state index < -0.39 is 15.8 Å². The Morgan fingerprint density at radius 2 is 2.10 bits per heavy atom. The van der Waals surface area contributed by atoms with Crippen molar-refractivity contribution in [3.8, 4) is 5.75 Å². The van der Waals surface area contributed by atoms with Crippen LogP contribution in [-0.4, -0.2) is 31.9 Å². The number of benzene rings is 1. The van der Waals surface area contributed by atoms with Gasteiger partial charge in [-0.05, 0) is 50.8 Å². The van der Waals surface area contributed by atoms with Crippen molar-refractivity contribution in [1.82, 2.24) is 4.31 Å². The lowest BCUT2D eigenvalue weighted by atomic mass is 10.0. The second kappa shape index (κ2) is 6.32. The summed E-state index contributed by atoms with van der Waals surface area (Å²) in [5.74, 6) is -0.229. The highest BCUT2D eigenvalue weighted by Crippen LogP contribution is 2.27. The van der Waals surface area contributed by atoms with Crippen LogP contribution in [0.2, 0.25) is 0 Å². The Morgan fingerprint density at radius 3 is 2.67 bits per heavy atom. The SMILES string of the molecule is CC1CCCN(S(=O)(=O)c2ccc(OC(C)C)c(F)c2)C1. The van der Waals surface area contributed by atoms with E-state index in [0.29, 0.717) is 19.0 Å². The Hall–Kier alpha value is -1.14. The molecule has 1 heterocycles. The van der Waals surface area contributed by atoms with Crippen LogP contribution < -0.4 is 4.74 Å². The first-order valence-electron chi connectivity index (χ1n) is 7.27. The lowest BCUT2D eigenvalue weighted by Gasteiger charge is -2.30. The average Bonchev–Trinajstić information content (AvgIpc) is 2.40. The minimum absolute atomic E-state index is 0.00907. The smallest absolute Gasteiger partial charge is 0.243 e. The zero-order chi connectivity index (χ0) is 15.6. The van der Waals surface area contributed by atoms with Gasteiger partial charge in [0, 0.05) is 13.1 Å². The summed E-state index contributed by atoms with van der Waals surface area (Å²) in [6.07, 6.45) is 1.71. The van der Waals surface area contributed by atoms with Gasteiger partial charge in [-0.2, -0.15) is 4.31 Å². The van der Waals surface area contributed by atoms with Gasteiger partial charge in [-0.3, -0.25) is 0 Å². The van der Waals surface area contributed by atoms with E-state index in [9.17, 15) is 12.8 Å². The van der Waals surface area contributed by atoms with Gasteiger partial charge in [0.25, 0.3) is 0 Å². The normalized spacial score (nSPS) is 20.7. The molecule has 0 amide bonds. The van der Waals surface area contributed by atoms with Crippen molar-refractivity contribution in [3.05, 3.63) is 24.0 Å². The molecule has 0 bridgehead atoms. The van der Waals surface area contributed by atoms with E-state index in [1.165, 1.54) is 16.4 Å². The molecule has 1 atom stereocenters. The number of hydrogen-bond donors (Lipinski definition) is 0. The molecule has 4 nitrogen and oxygen atoms in total. The van der Waals surface area contributed by atoms with Crippen molar-refractivity contribution in [1.29, 1.82) is 0 Å². The van der Waals surface area contributed by atoms with Gasteiger partial charge >= 0.3 is 0 Å². The molecule has 1 aliphatic rings. The minimum atomic E-state index is -3.62. The average molecular weight is 315 g/mol. The fraction of sp³-hybridized carbons (Fsp3) is 0.600. The molecule has 0 saturated carbocycles. The van der Waals surface area contributed by atoms with E-state index >= 15 is 0 Å². The monoisotopic (exact) mass is 315 g/mol. The Morgan fingerprint density at radius 1 is 1.38 bits per heavy atom. The summed E-state index contributed by atoms with van der Waals surface area (Å²) in [5, 5.41) is 0. The van der Waals surface area contributed by atoms with Crippen molar-refractivity contribution in [2.24, 2.45) is 5.92 Å². The third-order valence-corrected chi connectivity index (χ3v) is 5.38. The fourth-order valence-electron chi connectivity index (χ4n) is 2.51. The molecule has 0 aliphatic carbocycles. The second-order valence-corrected chi connectivity index (χ2v) is 7.81. The Kier molecular flexibility index (Phi) is 4.88. The Labute approximate surface area is 126 Å². The maximum absolute atomic E-state index is 14.0. The number of ether oxygens (including phenoxy) is 1. The maximum atomic E-state index is 14.0. The third-order valence-electron chi connectivity index (χ3n) is 3.52. The first-order chi connectivity index (χ1) is 9.80. The molecule has 0 N–H and O–H groups in total. The Balaban J connectivity index is 2.26. The van der Waals surface area contributed by atoms with Crippen LogP contribution in [0.25, 0.3) is 0 Å². The van der Waals surface area contributed by atoms with Crippen LogP contribution in [0.15, 0.2) is 23.1 Å². The first-order valence-corrected chi connectivity index (χ1v) is 8.71. The second-order valence-electron chi connectivity index (χ2n) is 5.87. The van der Waals surface area contributed by atoms with Crippen molar-refractivity contribution >= 4 is 10.0 Å². The molecule has 118 valence electrons. The largest absolute Gasteiger partial charge is 0.488 e. The summed E-state index contributed by atoms with van der Waals surface area (Å²) in [4.78, 5) is -0.00907. The summed E-state index contributed by atoms with van der Waals surface area (Å²) < 4.78 is 45.8. The standard InChI is InChI=1S/C15H22FNO3S/c1-11(2)20-15-7-6-13(9-14(15)16)21(18,19)17-8-4-5-12(3)10-17/h6-7,9,11-12H,4-5,8,10H2,1-3H3. The quantitative estimate of drug-likeness (QED) is 0.858. The van der Waals surface area contributed by atoms with Gasteiger partial charge < -0.3 is 4.74 Å². The molecule has 1 saturated heterocycles. The minimum Gasteiger partial charge on any atom is -0.488 e. The van der Waals surface area contributed by atoms with Crippen molar-refractivity contribution < 1.29 is 17.5 Å². The van der Waals surface area contributed by atoms with Gasteiger partial charge in [-0.25, -0.2) is 12.8 Å². The predicted octanol–water partition coefficient (Wildman–Crippen LogP) is 3.03. The number of rotatable bonds is 4. The molecule has 2 rings (SSSR count). The summed E-state index contributed by atoms with van der Waals surface area (Å²) in [6.45, 7) is 6.60. The maximum Gasteiger partial charge on any atom is 0.243 e. The van der Waals surface area contributed by atoms with Crippen LogP contribution in [0.1, 0.15) is 33.6 Å². The van der Waals surface area contributed by atoms with E-state index in [4.69, 9.17) is 4.74 Å². The van der Waals surface area contributed by atoms with Crippen molar-refractivity contribution in [2.45, 2.75) is 44.6 Å². The summed E-state index contributed by atoms with van der Waals surface area (Å²) in [7, 11) is -3.62. The molecule has 0 aromatic heterocycles. The van der Waals surface area contributed by atoms with Crippen LogP contribution >= 0.6 is 0 Å². The highest BCUT2D eigenvalue weighted by atomic mass is 32.2. The third kappa shape index (κ3) is 3.74. The van der Waals surface area contributed by atoms with E-state index in [2.05, 4.69) is 0 Å². The highest BCUT2D eigenvalue weighted by Gasteiger charge is 2.29. The molecule has 1 aliphatic heterocycles. The van der Waals surface area contributed by atoms with E-state index in [0.717, 1.165) is 18.9 Å². The fourth-order valence-corrected chi connectivity index (χ4v) is 4.12. The van der Waals surface area contributed by atoms with E-state index in [1.807, 2.05) is 6.92 Å².